The molecule has 0 fully saturated rings. The monoisotopic (exact) mass is 266 g/mol. The van der Waals surface area contributed by atoms with Crippen molar-refractivity contribution in [3.63, 3.8) is 0 Å². The predicted octanol–water partition coefficient (Wildman–Crippen LogP) is 2.61. The molecule has 0 saturated heterocycles. The molecular formula is C11H14N4O2S. The van der Waals surface area contributed by atoms with Gasteiger partial charge in [-0.15, -0.1) is 11.3 Å². The van der Waals surface area contributed by atoms with Crippen molar-refractivity contribution in [3.05, 3.63) is 38.2 Å². The smallest absolute Gasteiger partial charge is 0.330 e. The Bertz CT molecular complexity index is 575. The fourth-order valence-electron chi connectivity index (χ4n) is 1.74. The van der Waals surface area contributed by atoms with E-state index >= 15 is 0 Å². The molecule has 1 atom stereocenters. The van der Waals surface area contributed by atoms with Gasteiger partial charge in [0.25, 0.3) is 0 Å². The van der Waals surface area contributed by atoms with Gasteiger partial charge in [0.05, 0.1) is 11.0 Å². The van der Waals surface area contributed by atoms with Gasteiger partial charge in [-0.2, -0.15) is 5.10 Å². The number of thiophene rings is 1. The second kappa shape index (κ2) is 4.77. The molecule has 0 aliphatic carbocycles. The van der Waals surface area contributed by atoms with Gasteiger partial charge in [0.1, 0.15) is 6.20 Å². The lowest BCUT2D eigenvalue weighted by atomic mass is 10.2. The van der Waals surface area contributed by atoms with Crippen LogP contribution in [-0.4, -0.2) is 14.7 Å². The molecule has 0 aliphatic rings. The first kappa shape index (κ1) is 12.6. The Kier molecular flexibility index (Phi) is 3.33. The molecule has 2 aromatic rings. The van der Waals surface area contributed by atoms with Crippen molar-refractivity contribution >= 4 is 22.8 Å². The summed E-state index contributed by atoms with van der Waals surface area (Å²) in [6.07, 6.45) is 2.17. The third-order valence-electron chi connectivity index (χ3n) is 2.82. The Labute approximate surface area is 108 Å². The summed E-state index contributed by atoms with van der Waals surface area (Å²) in [5, 5.41) is 14.7. The Balaban J connectivity index is 2.33. The number of anilines is 1. The zero-order chi connectivity index (χ0) is 13.3. The number of aromatic nitrogens is 2. The molecule has 96 valence electrons. The van der Waals surface area contributed by atoms with E-state index in [0.29, 0.717) is 0 Å². The second-order valence-electron chi connectivity index (χ2n) is 3.95. The van der Waals surface area contributed by atoms with E-state index in [9.17, 15) is 10.1 Å². The molecular weight excluding hydrogens is 252 g/mol. The van der Waals surface area contributed by atoms with E-state index in [1.165, 1.54) is 15.8 Å². The molecule has 18 heavy (non-hydrogen) atoms. The van der Waals surface area contributed by atoms with E-state index in [0.717, 1.165) is 11.3 Å². The first-order valence-corrected chi connectivity index (χ1v) is 6.42. The van der Waals surface area contributed by atoms with Gasteiger partial charge in [0, 0.05) is 9.75 Å². The molecule has 2 aromatic heterocycles. The average Bonchev–Trinajstić information content (AvgIpc) is 2.94. The minimum Gasteiger partial charge on any atom is -0.378 e. The van der Waals surface area contributed by atoms with Crippen LogP contribution in [0.2, 0.25) is 0 Å². The van der Waals surface area contributed by atoms with Crippen molar-refractivity contribution in [2.24, 2.45) is 0 Å². The molecule has 0 spiro atoms. The summed E-state index contributed by atoms with van der Waals surface area (Å²) >= 11 is 1.68. The van der Waals surface area contributed by atoms with Gasteiger partial charge < -0.3 is 5.73 Å². The van der Waals surface area contributed by atoms with Crippen LogP contribution in [0.1, 0.15) is 29.6 Å². The quantitative estimate of drug-likeness (QED) is 0.680. The molecule has 6 nitrogen and oxygen atoms in total. The van der Waals surface area contributed by atoms with Crippen molar-refractivity contribution in [2.75, 3.05) is 5.73 Å². The molecule has 1 unspecified atom stereocenters. The van der Waals surface area contributed by atoms with E-state index in [4.69, 9.17) is 5.73 Å². The zero-order valence-corrected chi connectivity index (χ0v) is 11.0. The number of nitro groups is 1. The van der Waals surface area contributed by atoms with Crippen LogP contribution in [-0.2, 0) is 6.42 Å². The Hall–Kier alpha value is -1.89. The molecule has 7 heteroatoms. The first-order chi connectivity index (χ1) is 8.54. The van der Waals surface area contributed by atoms with Gasteiger partial charge in [-0.3, -0.25) is 10.1 Å². The molecule has 0 saturated carbocycles. The number of hydrogen-bond donors (Lipinski definition) is 1. The van der Waals surface area contributed by atoms with E-state index in [2.05, 4.69) is 18.1 Å². The van der Waals surface area contributed by atoms with Crippen molar-refractivity contribution in [1.29, 1.82) is 0 Å². The minimum absolute atomic E-state index is 0.0935. The van der Waals surface area contributed by atoms with Gasteiger partial charge in [-0.1, -0.05) is 6.92 Å². The van der Waals surface area contributed by atoms with Crippen molar-refractivity contribution in [1.82, 2.24) is 9.78 Å². The summed E-state index contributed by atoms with van der Waals surface area (Å²) in [4.78, 5) is 12.6. The molecule has 2 N–H and O–H groups in total. The lowest BCUT2D eigenvalue weighted by molar-refractivity contribution is -0.384. The number of nitrogens with two attached hydrogens (primary N) is 1. The predicted molar refractivity (Wildman–Crippen MR) is 70.8 cm³/mol. The number of nitrogens with zero attached hydrogens (tertiary/aromatic N) is 3. The fraction of sp³-hybridized carbons (Fsp3) is 0.364. The fourth-order valence-corrected chi connectivity index (χ4v) is 2.73. The SMILES string of the molecule is CCc1ccc(C(C)n2ncc([N+](=O)[O-])c2N)s1. The molecule has 0 amide bonds. The molecule has 0 aromatic carbocycles. The van der Waals surface area contributed by atoms with Gasteiger partial charge in [0.15, 0.2) is 0 Å². The van der Waals surface area contributed by atoms with Crippen LogP contribution in [0.3, 0.4) is 0 Å². The maximum Gasteiger partial charge on any atom is 0.330 e. The van der Waals surface area contributed by atoms with Crippen LogP contribution in [0.25, 0.3) is 0 Å². The highest BCUT2D eigenvalue weighted by Gasteiger charge is 2.22. The third kappa shape index (κ3) is 2.08. The normalized spacial score (nSPS) is 12.6. The summed E-state index contributed by atoms with van der Waals surface area (Å²) in [6, 6.07) is 3.98. The summed E-state index contributed by atoms with van der Waals surface area (Å²) in [5.74, 6) is 0.0962. The highest BCUT2D eigenvalue weighted by atomic mass is 32.1. The van der Waals surface area contributed by atoms with E-state index in [1.807, 2.05) is 13.0 Å². The van der Waals surface area contributed by atoms with Crippen LogP contribution in [0.4, 0.5) is 11.5 Å². The van der Waals surface area contributed by atoms with E-state index < -0.39 is 4.92 Å². The maximum atomic E-state index is 10.7. The van der Waals surface area contributed by atoms with Crippen LogP contribution in [0, 0.1) is 10.1 Å². The maximum absolute atomic E-state index is 10.7. The van der Waals surface area contributed by atoms with Crippen LogP contribution in [0.5, 0.6) is 0 Å². The van der Waals surface area contributed by atoms with Gasteiger partial charge in [0.2, 0.25) is 5.82 Å². The van der Waals surface area contributed by atoms with Gasteiger partial charge >= 0.3 is 5.69 Å². The Morgan fingerprint density at radius 3 is 2.83 bits per heavy atom. The molecule has 0 aliphatic heterocycles. The highest BCUT2D eigenvalue weighted by molar-refractivity contribution is 7.12. The number of nitrogen functional groups attached to an aromatic ring is 1. The Morgan fingerprint density at radius 1 is 1.61 bits per heavy atom. The average molecular weight is 266 g/mol. The zero-order valence-electron chi connectivity index (χ0n) is 10.2. The summed E-state index contributed by atoms with van der Waals surface area (Å²) in [7, 11) is 0. The topological polar surface area (TPSA) is 87.0 Å². The summed E-state index contributed by atoms with van der Waals surface area (Å²) < 4.78 is 1.49. The van der Waals surface area contributed by atoms with Crippen LogP contribution < -0.4 is 5.73 Å². The van der Waals surface area contributed by atoms with Crippen LogP contribution in [0.15, 0.2) is 18.3 Å². The molecule has 2 rings (SSSR count). The van der Waals surface area contributed by atoms with Crippen LogP contribution >= 0.6 is 11.3 Å². The van der Waals surface area contributed by atoms with Crippen molar-refractivity contribution in [2.45, 2.75) is 26.3 Å². The second-order valence-corrected chi connectivity index (χ2v) is 5.15. The minimum atomic E-state index is -0.516. The highest BCUT2D eigenvalue weighted by Crippen LogP contribution is 2.30. The van der Waals surface area contributed by atoms with Gasteiger partial charge in [-0.05, 0) is 25.5 Å². The van der Waals surface area contributed by atoms with E-state index in [1.54, 1.807) is 11.3 Å². The van der Waals surface area contributed by atoms with Crippen molar-refractivity contribution < 1.29 is 4.92 Å². The van der Waals surface area contributed by atoms with Crippen molar-refractivity contribution in [3.8, 4) is 0 Å². The standard InChI is InChI=1S/C11H14N4O2S/c1-3-8-4-5-10(18-8)7(2)14-11(12)9(6-13-14)15(16)17/h4-7H,3,12H2,1-2H3. The molecule has 0 bridgehead atoms. The first-order valence-electron chi connectivity index (χ1n) is 5.60. The number of rotatable bonds is 4. The molecule has 2 heterocycles. The third-order valence-corrected chi connectivity index (χ3v) is 4.22. The summed E-state index contributed by atoms with van der Waals surface area (Å²) in [6.45, 7) is 4.02. The van der Waals surface area contributed by atoms with Gasteiger partial charge in [-0.25, -0.2) is 4.68 Å². The number of hydrogen-bond acceptors (Lipinski definition) is 5. The molecule has 0 radical (unpaired) electrons. The lowest BCUT2D eigenvalue weighted by Crippen LogP contribution is -2.10. The lowest BCUT2D eigenvalue weighted by Gasteiger charge is -2.11. The largest absolute Gasteiger partial charge is 0.378 e. The Morgan fingerprint density at radius 2 is 2.33 bits per heavy atom. The summed E-state index contributed by atoms with van der Waals surface area (Å²) in [5.41, 5.74) is 5.60. The van der Waals surface area contributed by atoms with E-state index in [-0.39, 0.29) is 17.5 Å². The number of aryl methyl sites for hydroxylation is 1.